The largest absolute Gasteiger partial charge is 0.272 e. The summed E-state index contributed by atoms with van der Waals surface area (Å²) in [5.41, 5.74) is 1.13. The quantitative estimate of drug-likeness (QED) is 0.602. The fraction of sp³-hybridized carbons (Fsp3) is 0.222. The highest BCUT2D eigenvalue weighted by atomic mass is 32.2. The lowest BCUT2D eigenvalue weighted by Crippen LogP contribution is -2.26. The summed E-state index contributed by atoms with van der Waals surface area (Å²) < 4.78 is 53.6. The molecule has 26 heavy (non-hydrogen) atoms. The van der Waals surface area contributed by atoms with Crippen LogP contribution in [0.1, 0.15) is 29.2 Å². The third kappa shape index (κ3) is 3.59. The molecule has 2 heterocycles. The molecule has 0 spiro atoms. The summed E-state index contributed by atoms with van der Waals surface area (Å²) in [5, 5.41) is 0. The van der Waals surface area contributed by atoms with Crippen LogP contribution < -0.4 is 4.72 Å². The van der Waals surface area contributed by atoms with E-state index in [1.165, 1.54) is 12.1 Å². The van der Waals surface area contributed by atoms with E-state index < -0.39 is 16.4 Å². The average Bonchev–Trinajstić information content (AvgIpc) is 3.05. The number of rotatable bonds is 6. The predicted octanol–water partition coefficient (Wildman–Crippen LogP) is 5.25. The molecule has 4 rings (SSSR count). The Morgan fingerprint density at radius 3 is 2.35 bits per heavy atom. The van der Waals surface area contributed by atoms with Crippen molar-refractivity contribution in [3.8, 4) is 9.75 Å². The first-order valence-electron chi connectivity index (χ1n) is 7.99. The Bertz CT molecular complexity index is 1010. The standard InChI is InChI=1S/C18H15F2NO2S3/c19-18(20)16-7-6-14(24-16)15-8-9-17(25-15)26(22,23)21-13-10-12(13)11-4-2-1-3-5-11/h1-9,12-13,18,21H,10H2/t12-,13+/m1/s1. The molecular weight excluding hydrogens is 396 g/mol. The second kappa shape index (κ2) is 6.84. The Balaban J connectivity index is 1.48. The van der Waals surface area contributed by atoms with E-state index in [1.54, 1.807) is 12.1 Å². The van der Waals surface area contributed by atoms with Crippen molar-refractivity contribution in [1.29, 1.82) is 0 Å². The van der Waals surface area contributed by atoms with Crippen molar-refractivity contribution in [3.05, 3.63) is 65.0 Å². The van der Waals surface area contributed by atoms with E-state index >= 15 is 0 Å². The number of nitrogens with one attached hydrogen (secondary N) is 1. The van der Waals surface area contributed by atoms with E-state index in [0.717, 1.165) is 34.7 Å². The van der Waals surface area contributed by atoms with Gasteiger partial charge in [0, 0.05) is 21.7 Å². The van der Waals surface area contributed by atoms with Gasteiger partial charge in [0.25, 0.3) is 6.43 Å². The van der Waals surface area contributed by atoms with Gasteiger partial charge in [-0.3, -0.25) is 0 Å². The normalized spacial score (nSPS) is 19.8. The highest BCUT2D eigenvalue weighted by molar-refractivity contribution is 7.91. The van der Waals surface area contributed by atoms with Crippen LogP contribution in [0.5, 0.6) is 0 Å². The zero-order chi connectivity index (χ0) is 18.3. The maximum Gasteiger partial charge on any atom is 0.272 e. The van der Waals surface area contributed by atoms with E-state index in [-0.39, 0.29) is 21.0 Å². The molecule has 0 unspecified atom stereocenters. The minimum absolute atomic E-state index is 0.0142. The molecule has 3 nitrogen and oxygen atoms in total. The Hall–Kier alpha value is -1.61. The van der Waals surface area contributed by atoms with Gasteiger partial charge in [0.05, 0.1) is 4.88 Å². The fourth-order valence-electron chi connectivity index (χ4n) is 2.85. The molecule has 3 aromatic rings. The second-order valence-corrected chi connectivity index (χ2v) is 10.2. The van der Waals surface area contributed by atoms with Crippen molar-refractivity contribution in [1.82, 2.24) is 4.72 Å². The smallest absolute Gasteiger partial charge is 0.207 e. The average molecular weight is 412 g/mol. The lowest BCUT2D eigenvalue weighted by atomic mass is 10.1. The minimum Gasteiger partial charge on any atom is -0.207 e. The monoisotopic (exact) mass is 411 g/mol. The number of sulfonamides is 1. The number of alkyl halides is 2. The third-order valence-corrected chi connectivity index (χ3v) is 8.61. The summed E-state index contributed by atoms with van der Waals surface area (Å²) >= 11 is 2.09. The number of thiophene rings is 2. The summed E-state index contributed by atoms with van der Waals surface area (Å²) in [6, 6.07) is 15.9. The summed E-state index contributed by atoms with van der Waals surface area (Å²) in [6.45, 7) is 0. The van der Waals surface area contributed by atoms with E-state index in [2.05, 4.69) is 4.72 Å². The highest BCUT2D eigenvalue weighted by Gasteiger charge is 2.41. The molecule has 136 valence electrons. The number of hydrogen-bond donors (Lipinski definition) is 1. The summed E-state index contributed by atoms with van der Waals surface area (Å²) in [4.78, 5) is 1.32. The van der Waals surface area contributed by atoms with Crippen molar-refractivity contribution in [2.75, 3.05) is 0 Å². The maximum atomic E-state index is 12.7. The van der Waals surface area contributed by atoms with Gasteiger partial charge in [-0.2, -0.15) is 0 Å². The van der Waals surface area contributed by atoms with Crippen LogP contribution in [-0.4, -0.2) is 14.5 Å². The summed E-state index contributed by atoms with van der Waals surface area (Å²) in [5.74, 6) is 0.205. The van der Waals surface area contributed by atoms with Crippen LogP contribution in [0.15, 0.2) is 58.8 Å². The van der Waals surface area contributed by atoms with Gasteiger partial charge in [0.2, 0.25) is 10.0 Å². The molecule has 2 aromatic heterocycles. The van der Waals surface area contributed by atoms with Crippen molar-refractivity contribution in [2.45, 2.75) is 29.0 Å². The molecule has 1 aromatic carbocycles. The van der Waals surface area contributed by atoms with Gasteiger partial charge < -0.3 is 0 Å². The fourth-order valence-corrected chi connectivity index (χ4v) is 6.42. The topological polar surface area (TPSA) is 46.2 Å². The van der Waals surface area contributed by atoms with E-state index in [9.17, 15) is 17.2 Å². The minimum atomic E-state index is -3.61. The first kappa shape index (κ1) is 17.8. The van der Waals surface area contributed by atoms with Crippen LogP contribution >= 0.6 is 22.7 Å². The maximum absolute atomic E-state index is 12.7. The Labute approximate surface area is 158 Å². The van der Waals surface area contributed by atoms with E-state index in [0.29, 0.717) is 9.75 Å². The highest BCUT2D eigenvalue weighted by Crippen LogP contribution is 2.42. The summed E-state index contributed by atoms with van der Waals surface area (Å²) in [6.07, 6.45) is -1.73. The van der Waals surface area contributed by atoms with Gasteiger partial charge in [0.1, 0.15) is 4.21 Å². The van der Waals surface area contributed by atoms with Gasteiger partial charge in [-0.1, -0.05) is 30.3 Å². The van der Waals surface area contributed by atoms with E-state index in [4.69, 9.17) is 0 Å². The zero-order valence-electron chi connectivity index (χ0n) is 13.4. The van der Waals surface area contributed by atoms with Gasteiger partial charge in [-0.15, -0.1) is 22.7 Å². The molecular formula is C18H15F2NO2S3. The molecule has 0 amide bonds. The lowest BCUT2D eigenvalue weighted by Gasteiger charge is -2.04. The molecule has 0 bridgehead atoms. The van der Waals surface area contributed by atoms with Gasteiger partial charge in [-0.05, 0) is 36.2 Å². The SMILES string of the molecule is O=S(=O)(N[C@H]1C[C@@H]1c1ccccc1)c1ccc(-c2ccc(C(F)F)s2)s1. The number of benzene rings is 1. The summed E-state index contributed by atoms with van der Waals surface area (Å²) in [7, 11) is -3.61. The molecule has 1 aliphatic rings. The van der Waals surface area contributed by atoms with E-state index in [1.807, 2.05) is 30.3 Å². The molecule has 0 aliphatic heterocycles. The van der Waals surface area contributed by atoms with Crippen LogP contribution in [0.25, 0.3) is 9.75 Å². The van der Waals surface area contributed by atoms with Gasteiger partial charge in [-0.25, -0.2) is 21.9 Å². The molecule has 8 heteroatoms. The molecule has 1 aliphatic carbocycles. The van der Waals surface area contributed by atoms with Crippen LogP contribution in [0, 0.1) is 0 Å². The first-order valence-corrected chi connectivity index (χ1v) is 11.1. The molecule has 0 saturated heterocycles. The van der Waals surface area contributed by atoms with Crippen LogP contribution in [0.2, 0.25) is 0 Å². The second-order valence-electron chi connectivity index (χ2n) is 6.10. The molecule has 2 atom stereocenters. The number of hydrogen-bond acceptors (Lipinski definition) is 4. The van der Waals surface area contributed by atoms with Crippen molar-refractivity contribution in [2.24, 2.45) is 0 Å². The van der Waals surface area contributed by atoms with Crippen molar-refractivity contribution < 1.29 is 17.2 Å². The predicted molar refractivity (Wildman–Crippen MR) is 100 cm³/mol. The van der Waals surface area contributed by atoms with Crippen LogP contribution in [0.4, 0.5) is 8.78 Å². The first-order chi connectivity index (χ1) is 12.4. The lowest BCUT2D eigenvalue weighted by molar-refractivity contribution is 0.155. The Morgan fingerprint density at radius 1 is 0.962 bits per heavy atom. The zero-order valence-corrected chi connectivity index (χ0v) is 15.9. The van der Waals surface area contributed by atoms with Crippen molar-refractivity contribution >= 4 is 32.7 Å². The number of halogens is 2. The molecule has 1 fully saturated rings. The third-order valence-electron chi connectivity index (χ3n) is 4.26. The molecule has 0 radical (unpaired) electrons. The van der Waals surface area contributed by atoms with Crippen LogP contribution in [0.3, 0.4) is 0 Å². The van der Waals surface area contributed by atoms with Gasteiger partial charge in [0.15, 0.2) is 0 Å². The van der Waals surface area contributed by atoms with Crippen LogP contribution in [-0.2, 0) is 10.0 Å². The van der Waals surface area contributed by atoms with Gasteiger partial charge >= 0.3 is 0 Å². The Kier molecular flexibility index (Phi) is 4.68. The van der Waals surface area contributed by atoms with Crippen molar-refractivity contribution in [3.63, 3.8) is 0 Å². The Morgan fingerprint density at radius 2 is 1.65 bits per heavy atom. The molecule has 1 saturated carbocycles. The molecule has 1 N–H and O–H groups in total.